The first-order chi connectivity index (χ1) is 11.5. The second-order valence-corrected chi connectivity index (χ2v) is 6.80. The predicted octanol–water partition coefficient (Wildman–Crippen LogP) is 0.785. The first-order valence-electron chi connectivity index (χ1n) is 7.44. The van der Waals surface area contributed by atoms with Crippen LogP contribution in [0.15, 0.2) is 41.6 Å². The minimum Gasteiger partial charge on any atom is -0.477 e. The molecule has 1 aromatic rings. The van der Waals surface area contributed by atoms with Crippen LogP contribution in [0.25, 0.3) is 0 Å². The number of aliphatic carboxylic acids is 1. The molecule has 25 heavy (non-hydrogen) atoms. The van der Waals surface area contributed by atoms with E-state index in [2.05, 4.69) is 16.0 Å². The number of hydrogen-bond acceptors (Lipinski definition) is 5. The van der Waals surface area contributed by atoms with Crippen molar-refractivity contribution in [1.82, 2.24) is 16.0 Å². The normalized spacial score (nSPS) is 26.0. The van der Waals surface area contributed by atoms with Gasteiger partial charge in [0.25, 0.3) is 0 Å². The molecule has 3 unspecified atom stereocenters. The highest BCUT2D eigenvalue weighted by Gasteiger charge is 2.41. The fraction of sp³-hybridized carbons (Fsp3) is 0.312. The summed E-state index contributed by atoms with van der Waals surface area (Å²) in [7, 11) is 0. The monoisotopic (exact) mass is 383 g/mol. The third-order valence-electron chi connectivity index (χ3n) is 3.97. The number of carbonyl (C=O) groups excluding carboxylic acids is 2. The van der Waals surface area contributed by atoms with Crippen LogP contribution in [0, 0.1) is 0 Å². The van der Waals surface area contributed by atoms with Gasteiger partial charge in [0.15, 0.2) is 0 Å². The fourth-order valence-electron chi connectivity index (χ4n) is 2.71. The van der Waals surface area contributed by atoms with Gasteiger partial charge in [0, 0.05) is 5.75 Å². The largest absolute Gasteiger partial charge is 0.477 e. The number of carboxylic acids is 1. The molecule has 1 aromatic carbocycles. The van der Waals surface area contributed by atoms with Crippen LogP contribution in [0.1, 0.15) is 18.5 Å². The lowest BCUT2D eigenvalue weighted by molar-refractivity contribution is -0.137. The van der Waals surface area contributed by atoms with E-state index in [0.29, 0.717) is 16.9 Å². The average molecular weight is 384 g/mol. The van der Waals surface area contributed by atoms with Gasteiger partial charge in [-0.05, 0) is 18.1 Å². The van der Waals surface area contributed by atoms with Crippen molar-refractivity contribution >= 4 is 42.0 Å². The van der Waals surface area contributed by atoms with Crippen LogP contribution < -0.4 is 16.0 Å². The maximum absolute atomic E-state index is 12.4. The quantitative estimate of drug-likeness (QED) is 0.614. The minimum atomic E-state index is -1.07. The van der Waals surface area contributed by atoms with Gasteiger partial charge >= 0.3 is 5.97 Å². The Hall–Kier alpha value is -2.19. The molecule has 0 saturated carbocycles. The average Bonchev–Trinajstić information content (AvgIpc) is 2.57. The van der Waals surface area contributed by atoms with E-state index in [1.165, 1.54) is 11.8 Å². The Bertz CT molecular complexity index is 725. The van der Waals surface area contributed by atoms with Crippen molar-refractivity contribution in [2.45, 2.75) is 24.4 Å². The third-order valence-corrected chi connectivity index (χ3v) is 5.32. The molecule has 0 spiro atoms. The van der Waals surface area contributed by atoms with Gasteiger partial charge in [0.2, 0.25) is 11.8 Å². The Labute approximate surface area is 155 Å². The SMILES string of the molecule is CC1=C(C(=O)O)NC(C2NC(=O)C(c3ccccc3)NC2=O)SC1.Cl. The number of benzene rings is 1. The van der Waals surface area contributed by atoms with Crippen molar-refractivity contribution in [2.75, 3.05) is 5.75 Å². The number of carboxylic acid groups (broad SMARTS) is 1. The summed E-state index contributed by atoms with van der Waals surface area (Å²) in [5.41, 5.74) is 1.49. The van der Waals surface area contributed by atoms with Crippen molar-refractivity contribution in [1.29, 1.82) is 0 Å². The van der Waals surface area contributed by atoms with E-state index in [1.807, 2.05) is 6.07 Å². The Morgan fingerprint density at radius 2 is 1.80 bits per heavy atom. The molecule has 2 heterocycles. The van der Waals surface area contributed by atoms with E-state index in [4.69, 9.17) is 0 Å². The number of carbonyl (C=O) groups is 3. The Balaban J connectivity index is 0.00000225. The Morgan fingerprint density at radius 1 is 1.12 bits per heavy atom. The number of thioether (sulfide) groups is 1. The first kappa shape index (κ1) is 19.1. The molecule has 1 saturated heterocycles. The molecule has 4 N–H and O–H groups in total. The maximum atomic E-state index is 12.4. The summed E-state index contributed by atoms with van der Waals surface area (Å²) in [6, 6.07) is 7.41. The number of piperazine rings is 1. The lowest BCUT2D eigenvalue weighted by atomic mass is 10.0. The molecule has 3 rings (SSSR count). The van der Waals surface area contributed by atoms with E-state index in [1.54, 1.807) is 31.2 Å². The van der Waals surface area contributed by atoms with Gasteiger partial charge in [-0.25, -0.2) is 4.79 Å². The van der Waals surface area contributed by atoms with Gasteiger partial charge in [-0.3, -0.25) is 9.59 Å². The zero-order valence-electron chi connectivity index (χ0n) is 13.3. The van der Waals surface area contributed by atoms with Crippen LogP contribution in [0.5, 0.6) is 0 Å². The number of amides is 2. The molecule has 9 heteroatoms. The maximum Gasteiger partial charge on any atom is 0.351 e. The van der Waals surface area contributed by atoms with E-state index in [0.717, 1.165) is 0 Å². The van der Waals surface area contributed by atoms with Crippen LogP contribution in [0.2, 0.25) is 0 Å². The molecular weight excluding hydrogens is 366 g/mol. The third kappa shape index (κ3) is 3.91. The van der Waals surface area contributed by atoms with Crippen LogP contribution in [0.3, 0.4) is 0 Å². The molecule has 0 aliphatic carbocycles. The van der Waals surface area contributed by atoms with Gasteiger partial charge in [0.05, 0.1) is 0 Å². The number of hydrogen-bond donors (Lipinski definition) is 4. The lowest BCUT2D eigenvalue weighted by Gasteiger charge is -2.36. The summed E-state index contributed by atoms with van der Waals surface area (Å²) >= 11 is 1.39. The summed E-state index contributed by atoms with van der Waals surface area (Å²) in [4.78, 5) is 36.1. The summed E-state index contributed by atoms with van der Waals surface area (Å²) in [5, 5.41) is 17.0. The van der Waals surface area contributed by atoms with Gasteiger partial charge in [-0.2, -0.15) is 0 Å². The predicted molar refractivity (Wildman–Crippen MR) is 96.2 cm³/mol. The fourth-order valence-corrected chi connectivity index (χ4v) is 3.87. The highest BCUT2D eigenvalue weighted by Crippen LogP contribution is 2.26. The van der Waals surface area contributed by atoms with Gasteiger partial charge < -0.3 is 21.1 Å². The van der Waals surface area contributed by atoms with Gasteiger partial charge in [0.1, 0.15) is 23.2 Å². The molecule has 3 atom stereocenters. The number of rotatable bonds is 3. The van der Waals surface area contributed by atoms with Gasteiger partial charge in [-0.15, -0.1) is 24.2 Å². The highest BCUT2D eigenvalue weighted by molar-refractivity contribution is 8.00. The summed E-state index contributed by atoms with van der Waals surface area (Å²) in [6.07, 6.45) is 0. The smallest absolute Gasteiger partial charge is 0.351 e. The van der Waals surface area contributed by atoms with Gasteiger partial charge in [-0.1, -0.05) is 30.3 Å². The lowest BCUT2D eigenvalue weighted by Crippen LogP contribution is -2.64. The zero-order chi connectivity index (χ0) is 17.3. The molecular formula is C16H18ClN3O4S. The van der Waals surface area contributed by atoms with Crippen LogP contribution in [0.4, 0.5) is 0 Å². The minimum absolute atomic E-state index is 0. The van der Waals surface area contributed by atoms with E-state index < -0.39 is 23.4 Å². The summed E-state index contributed by atoms with van der Waals surface area (Å²) < 4.78 is 0. The van der Waals surface area contributed by atoms with Crippen molar-refractivity contribution in [3.8, 4) is 0 Å². The van der Waals surface area contributed by atoms with Crippen LogP contribution >= 0.6 is 24.2 Å². The molecule has 0 aromatic heterocycles. The summed E-state index contributed by atoms with van der Waals surface area (Å²) in [5.74, 6) is -1.22. The number of nitrogens with one attached hydrogen (secondary N) is 3. The molecule has 2 amide bonds. The topological polar surface area (TPSA) is 108 Å². The number of halogens is 1. The Kier molecular flexibility index (Phi) is 5.97. The molecule has 0 radical (unpaired) electrons. The zero-order valence-corrected chi connectivity index (χ0v) is 14.9. The molecule has 1 fully saturated rings. The molecule has 2 aliphatic rings. The van der Waals surface area contributed by atoms with E-state index >= 15 is 0 Å². The van der Waals surface area contributed by atoms with Crippen molar-refractivity contribution in [2.24, 2.45) is 0 Å². The molecule has 2 aliphatic heterocycles. The summed E-state index contributed by atoms with van der Waals surface area (Å²) in [6.45, 7) is 1.73. The van der Waals surface area contributed by atoms with Crippen LogP contribution in [-0.2, 0) is 14.4 Å². The highest BCUT2D eigenvalue weighted by atomic mass is 35.5. The van der Waals surface area contributed by atoms with Crippen molar-refractivity contribution in [3.05, 3.63) is 47.2 Å². The second-order valence-electron chi connectivity index (χ2n) is 5.67. The van der Waals surface area contributed by atoms with E-state index in [9.17, 15) is 19.5 Å². The second kappa shape index (κ2) is 7.79. The molecule has 7 nitrogen and oxygen atoms in total. The Morgan fingerprint density at radius 3 is 2.44 bits per heavy atom. The first-order valence-corrected chi connectivity index (χ1v) is 8.49. The standard InChI is InChI=1S/C16H17N3O4S.ClH/c1-8-7-24-15(19-10(8)16(22)23)12-14(21)17-11(13(20)18-12)9-5-3-2-4-6-9;/h2-6,11-12,15,19H,7H2,1H3,(H,17,21)(H,18,20)(H,22,23);1H. The molecule has 134 valence electrons. The van der Waals surface area contributed by atoms with Crippen LogP contribution in [-0.4, -0.2) is 40.1 Å². The molecule has 0 bridgehead atoms. The van der Waals surface area contributed by atoms with Crippen molar-refractivity contribution in [3.63, 3.8) is 0 Å². The van der Waals surface area contributed by atoms with Crippen molar-refractivity contribution < 1.29 is 19.5 Å². The van der Waals surface area contributed by atoms with E-state index in [-0.39, 0.29) is 29.9 Å².